The van der Waals surface area contributed by atoms with Crippen molar-refractivity contribution in [3.05, 3.63) is 29.8 Å². The van der Waals surface area contributed by atoms with Crippen molar-refractivity contribution in [2.24, 2.45) is 0 Å². The Morgan fingerprint density at radius 1 is 1.29 bits per heavy atom. The summed E-state index contributed by atoms with van der Waals surface area (Å²) < 4.78 is 23.3. The molecule has 0 amide bonds. The van der Waals surface area contributed by atoms with Gasteiger partial charge in [-0.1, -0.05) is 12.1 Å². The predicted molar refractivity (Wildman–Crippen MR) is 66.3 cm³/mol. The molecular weight excluding hydrogens is 236 g/mol. The molecule has 17 heavy (non-hydrogen) atoms. The van der Waals surface area contributed by atoms with Gasteiger partial charge in [-0.3, -0.25) is 4.21 Å². The van der Waals surface area contributed by atoms with Crippen LogP contribution in [-0.4, -0.2) is 20.8 Å². The molecule has 1 aromatic carbocycles. The molecule has 2 aliphatic heterocycles. The second kappa shape index (κ2) is 4.40. The monoisotopic (exact) mass is 251 g/mol. The van der Waals surface area contributed by atoms with E-state index < -0.39 is 11.3 Å². The summed E-state index contributed by atoms with van der Waals surface area (Å²) in [6, 6.07) is 9.03. The Morgan fingerprint density at radius 2 is 2.06 bits per heavy atom. The molecule has 92 valence electrons. The molecule has 2 aliphatic rings. The number of fused-ring (bicyclic) bond motifs is 2. The largest absolute Gasteiger partial charge is 0.755 e. The van der Waals surface area contributed by atoms with Crippen molar-refractivity contribution in [2.75, 3.05) is 4.72 Å². The van der Waals surface area contributed by atoms with E-state index in [1.807, 2.05) is 24.3 Å². The number of anilines is 1. The summed E-state index contributed by atoms with van der Waals surface area (Å²) in [6.07, 6.45) is 3.78. The normalized spacial score (nSPS) is 32.6. The topological polar surface area (TPSA) is 64.2 Å². The molecule has 4 atom stereocenters. The Bertz CT molecular complexity index is 435. The van der Waals surface area contributed by atoms with Crippen molar-refractivity contribution >= 4 is 17.0 Å². The molecule has 5 heteroatoms. The molecule has 0 aliphatic carbocycles. The molecule has 0 saturated carbocycles. The highest BCUT2D eigenvalue weighted by Gasteiger charge is 2.39. The van der Waals surface area contributed by atoms with Crippen LogP contribution in [0.25, 0.3) is 0 Å². The van der Waals surface area contributed by atoms with E-state index in [1.165, 1.54) is 24.8 Å². The third-order valence-electron chi connectivity index (χ3n) is 3.84. The molecular formula is C12H15N2O2S-. The molecule has 2 N–H and O–H groups in total. The molecule has 3 rings (SSSR count). The third-order valence-corrected chi connectivity index (χ3v) is 4.24. The summed E-state index contributed by atoms with van der Waals surface area (Å²) in [6.45, 7) is 0. The van der Waals surface area contributed by atoms with Gasteiger partial charge in [0.25, 0.3) is 0 Å². The van der Waals surface area contributed by atoms with E-state index in [2.05, 4.69) is 10.0 Å². The molecule has 1 aromatic rings. The van der Waals surface area contributed by atoms with Crippen LogP contribution in [0.2, 0.25) is 0 Å². The molecule has 2 heterocycles. The maximum atomic E-state index is 10.5. The fraction of sp³-hybridized carbons (Fsp3) is 0.500. The smallest absolute Gasteiger partial charge is 0.0452 e. The van der Waals surface area contributed by atoms with Crippen LogP contribution in [0.3, 0.4) is 0 Å². The fourth-order valence-electron chi connectivity index (χ4n) is 3.09. The van der Waals surface area contributed by atoms with Crippen molar-refractivity contribution in [3.63, 3.8) is 0 Å². The SMILES string of the molecule is O=S([O-])Nc1ccc(C2CC3CCC2N3)cc1. The van der Waals surface area contributed by atoms with E-state index in [4.69, 9.17) is 0 Å². The van der Waals surface area contributed by atoms with Gasteiger partial charge in [-0.2, -0.15) is 0 Å². The molecule has 2 bridgehead atoms. The highest BCUT2D eigenvalue weighted by atomic mass is 32.2. The lowest BCUT2D eigenvalue weighted by molar-refractivity contribution is 0.506. The summed E-state index contributed by atoms with van der Waals surface area (Å²) in [7, 11) is 0. The van der Waals surface area contributed by atoms with Gasteiger partial charge in [0.1, 0.15) is 0 Å². The van der Waals surface area contributed by atoms with E-state index in [9.17, 15) is 8.76 Å². The Balaban J connectivity index is 1.74. The second-order valence-electron chi connectivity index (χ2n) is 4.85. The Morgan fingerprint density at radius 3 is 2.59 bits per heavy atom. The van der Waals surface area contributed by atoms with E-state index in [-0.39, 0.29) is 0 Å². The van der Waals surface area contributed by atoms with Gasteiger partial charge in [-0.25, -0.2) is 0 Å². The van der Waals surface area contributed by atoms with Crippen LogP contribution < -0.4 is 10.0 Å². The zero-order valence-corrected chi connectivity index (χ0v) is 10.2. The lowest BCUT2D eigenvalue weighted by atomic mass is 9.84. The fourth-order valence-corrected chi connectivity index (χ4v) is 3.42. The van der Waals surface area contributed by atoms with Gasteiger partial charge in [0.05, 0.1) is 0 Å². The van der Waals surface area contributed by atoms with Crippen molar-refractivity contribution in [3.8, 4) is 0 Å². The number of hydrogen-bond donors (Lipinski definition) is 2. The minimum absolute atomic E-state index is 0.598. The van der Waals surface area contributed by atoms with Gasteiger partial charge < -0.3 is 14.6 Å². The van der Waals surface area contributed by atoms with E-state index in [1.54, 1.807) is 0 Å². The summed E-state index contributed by atoms with van der Waals surface area (Å²) in [4.78, 5) is 0. The summed E-state index contributed by atoms with van der Waals surface area (Å²) >= 11 is -2.24. The first kappa shape index (κ1) is 11.2. The van der Waals surface area contributed by atoms with Crippen molar-refractivity contribution in [2.45, 2.75) is 37.3 Å². The van der Waals surface area contributed by atoms with Crippen LogP contribution in [0.4, 0.5) is 5.69 Å². The quantitative estimate of drug-likeness (QED) is 0.800. The van der Waals surface area contributed by atoms with Gasteiger partial charge in [-0.05, 0) is 37.0 Å². The lowest BCUT2D eigenvalue weighted by Crippen LogP contribution is -2.21. The average Bonchev–Trinajstić information content (AvgIpc) is 2.91. The first-order chi connectivity index (χ1) is 8.22. The molecule has 0 radical (unpaired) electrons. The highest BCUT2D eigenvalue weighted by Crippen LogP contribution is 2.40. The lowest BCUT2D eigenvalue weighted by Gasteiger charge is -2.20. The van der Waals surface area contributed by atoms with E-state index in [0.29, 0.717) is 23.7 Å². The van der Waals surface area contributed by atoms with Crippen molar-refractivity contribution in [1.82, 2.24) is 5.32 Å². The van der Waals surface area contributed by atoms with Crippen LogP contribution in [-0.2, 0) is 11.3 Å². The number of benzene rings is 1. The van der Waals surface area contributed by atoms with Gasteiger partial charge in [-0.15, -0.1) is 0 Å². The molecule has 0 aromatic heterocycles. The summed E-state index contributed by atoms with van der Waals surface area (Å²) in [5.41, 5.74) is 1.94. The second-order valence-corrected chi connectivity index (χ2v) is 5.52. The summed E-state index contributed by atoms with van der Waals surface area (Å²) in [5, 5.41) is 3.61. The maximum Gasteiger partial charge on any atom is 0.0452 e. The van der Waals surface area contributed by atoms with Crippen LogP contribution in [0.1, 0.15) is 30.7 Å². The average molecular weight is 251 g/mol. The van der Waals surface area contributed by atoms with Crippen molar-refractivity contribution in [1.29, 1.82) is 0 Å². The first-order valence-electron chi connectivity index (χ1n) is 5.94. The zero-order chi connectivity index (χ0) is 11.8. The number of rotatable bonds is 3. The zero-order valence-electron chi connectivity index (χ0n) is 9.39. The highest BCUT2D eigenvalue weighted by molar-refractivity contribution is 7.80. The van der Waals surface area contributed by atoms with Gasteiger partial charge in [0.2, 0.25) is 0 Å². The minimum atomic E-state index is -2.24. The molecule has 0 spiro atoms. The minimum Gasteiger partial charge on any atom is -0.755 e. The maximum absolute atomic E-state index is 10.5. The van der Waals surface area contributed by atoms with Crippen LogP contribution in [0.5, 0.6) is 0 Å². The Hall–Kier alpha value is -0.910. The van der Waals surface area contributed by atoms with Gasteiger partial charge >= 0.3 is 0 Å². The van der Waals surface area contributed by atoms with Gasteiger partial charge in [0.15, 0.2) is 0 Å². The van der Waals surface area contributed by atoms with E-state index in [0.717, 1.165) is 0 Å². The van der Waals surface area contributed by atoms with Crippen LogP contribution in [0.15, 0.2) is 24.3 Å². The van der Waals surface area contributed by atoms with Gasteiger partial charge in [0, 0.05) is 35.0 Å². The first-order valence-corrected chi connectivity index (χ1v) is 7.02. The predicted octanol–water partition coefficient (Wildman–Crippen LogP) is 1.50. The standard InChI is InChI=1S/C12H16N2O2S/c15-17(16)14-9-3-1-8(2-4-9)11-7-10-5-6-12(11)13-10/h1-4,10-14H,5-7H2,(H,15,16)/p-1. The van der Waals surface area contributed by atoms with Crippen LogP contribution in [0, 0.1) is 0 Å². The Kier molecular flexibility index (Phi) is 2.90. The number of nitrogens with one attached hydrogen (secondary N) is 2. The molecule has 2 saturated heterocycles. The number of hydrogen-bond acceptors (Lipinski definition) is 3. The van der Waals surface area contributed by atoms with E-state index >= 15 is 0 Å². The van der Waals surface area contributed by atoms with Crippen molar-refractivity contribution < 1.29 is 8.76 Å². The molecule has 2 fully saturated rings. The summed E-state index contributed by atoms with van der Waals surface area (Å²) in [5.74, 6) is 0.598. The molecule has 4 nitrogen and oxygen atoms in total. The molecule has 4 unspecified atom stereocenters. The third kappa shape index (κ3) is 2.22. The Labute approximate surface area is 103 Å². The van der Waals surface area contributed by atoms with Crippen LogP contribution >= 0.6 is 0 Å².